The summed E-state index contributed by atoms with van der Waals surface area (Å²) in [5.74, 6) is 0.587. The van der Waals surface area contributed by atoms with Crippen molar-refractivity contribution in [3.05, 3.63) is 58.1 Å². The second-order valence-corrected chi connectivity index (χ2v) is 6.15. The zero-order chi connectivity index (χ0) is 19.4. The molecule has 0 bridgehead atoms. The summed E-state index contributed by atoms with van der Waals surface area (Å²) in [6.07, 6.45) is 1.54. The van der Waals surface area contributed by atoms with E-state index in [1.807, 2.05) is 6.07 Å². The minimum Gasteiger partial charge on any atom is -0.495 e. The number of anilines is 1. The third-order valence-corrected chi connectivity index (χ3v) is 4.35. The lowest BCUT2D eigenvalue weighted by Gasteiger charge is -2.13. The van der Waals surface area contributed by atoms with Gasteiger partial charge in [0, 0.05) is 19.0 Å². The molecule has 3 aromatic rings. The molecule has 0 aliphatic heterocycles. The first-order valence-electron chi connectivity index (χ1n) is 8.19. The summed E-state index contributed by atoms with van der Waals surface area (Å²) in [5, 5.41) is 3.61. The molecule has 8 heteroatoms. The van der Waals surface area contributed by atoms with Gasteiger partial charge in [0.2, 0.25) is 5.91 Å². The monoisotopic (exact) mass is 387 g/mol. The topological polar surface area (TPSA) is 82.4 Å². The second-order valence-electron chi connectivity index (χ2n) is 5.75. The summed E-state index contributed by atoms with van der Waals surface area (Å²) in [4.78, 5) is 29.0. The average Bonchev–Trinajstić information content (AvgIpc) is 2.68. The number of nitrogens with one attached hydrogen (secondary N) is 1. The van der Waals surface area contributed by atoms with E-state index >= 15 is 0 Å². The summed E-state index contributed by atoms with van der Waals surface area (Å²) in [6.45, 7) is 0.203. The van der Waals surface area contributed by atoms with E-state index in [0.29, 0.717) is 33.1 Å². The molecule has 0 aliphatic carbocycles. The number of hydrogen-bond donors (Lipinski definition) is 1. The molecule has 1 amide bonds. The van der Waals surface area contributed by atoms with Crippen LogP contribution in [0.15, 0.2) is 47.5 Å². The molecule has 0 unspecified atom stereocenters. The van der Waals surface area contributed by atoms with Crippen LogP contribution in [-0.4, -0.2) is 29.7 Å². The highest BCUT2D eigenvalue weighted by Gasteiger charge is 2.13. The first-order valence-corrected chi connectivity index (χ1v) is 8.57. The third kappa shape index (κ3) is 4.03. The maximum Gasteiger partial charge on any atom is 0.261 e. The smallest absolute Gasteiger partial charge is 0.261 e. The summed E-state index contributed by atoms with van der Waals surface area (Å²) in [6, 6.07) is 10.2. The van der Waals surface area contributed by atoms with E-state index < -0.39 is 0 Å². The first-order chi connectivity index (χ1) is 13.0. The molecular formula is C19H18ClN3O4. The van der Waals surface area contributed by atoms with E-state index in [0.717, 1.165) is 0 Å². The number of halogens is 1. The van der Waals surface area contributed by atoms with Gasteiger partial charge in [0.25, 0.3) is 5.56 Å². The number of methoxy groups -OCH3 is 2. The number of benzene rings is 2. The SMILES string of the molecule is COc1cc(OC)c(NC(=O)CCn2cnc3ccccc3c2=O)cc1Cl. The van der Waals surface area contributed by atoms with Gasteiger partial charge in [0.1, 0.15) is 11.5 Å². The van der Waals surface area contributed by atoms with Gasteiger partial charge in [-0.2, -0.15) is 0 Å². The van der Waals surface area contributed by atoms with Crippen molar-refractivity contribution in [3.8, 4) is 11.5 Å². The summed E-state index contributed by atoms with van der Waals surface area (Å²) < 4.78 is 11.8. The van der Waals surface area contributed by atoms with Gasteiger partial charge < -0.3 is 14.8 Å². The zero-order valence-corrected chi connectivity index (χ0v) is 15.6. The molecule has 140 valence electrons. The lowest BCUT2D eigenvalue weighted by Crippen LogP contribution is -2.23. The van der Waals surface area contributed by atoms with Crippen LogP contribution in [0.2, 0.25) is 5.02 Å². The number of ether oxygens (including phenoxy) is 2. The van der Waals surface area contributed by atoms with Gasteiger partial charge in [0.15, 0.2) is 0 Å². The Balaban J connectivity index is 1.73. The molecule has 0 fully saturated rings. The number of aryl methyl sites for hydroxylation is 1. The van der Waals surface area contributed by atoms with E-state index in [1.54, 1.807) is 30.3 Å². The quantitative estimate of drug-likeness (QED) is 0.702. The van der Waals surface area contributed by atoms with Crippen LogP contribution >= 0.6 is 11.6 Å². The predicted octanol–water partition coefficient (Wildman–Crippen LogP) is 3.10. The Hall–Kier alpha value is -3.06. The van der Waals surface area contributed by atoms with Crippen LogP contribution in [0.1, 0.15) is 6.42 Å². The van der Waals surface area contributed by atoms with Crippen molar-refractivity contribution in [1.29, 1.82) is 0 Å². The average molecular weight is 388 g/mol. The summed E-state index contributed by atoms with van der Waals surface area (Å²) in [7, 11) is 2.98. The number of nitrogens with zero attached hydrogens (tertiary/aromatic N) is 2. The number of hydrogen-bond acceptors (Lipinski definition) is 5. The van der Waals surface area contributed by atoms with Gasteiger partial charge in [-0.1, -0.05) is 23.7 Å². The highest BCUT2D eigenvalue weighted by atomic mass is 35.5. The van der Waals surface area contributed by atoms with Crippen LogP contribution < -0.4 is 20.3 Å². The van der Waals surface area contributed by atoms with Crippen molar-refractivity contribution in [2.24, 2.45) is 0 Å². The van der Waals surface area contributed by atoms with Gasteiger partial charge >= 0.3 is 0 Å². The Morgan fingerprint density at radius 2 is 1.93 bits per heavy atom. The molecule has 0 spiro atoms. The van der Waals surface area contributed by atoms with Gasteiger partial charge in [-0.25, -0.2) is 4.98 Å². The number of aromatic nitrogens is 2. The molecule has 1 heterocycles. The summed E-state index contributed by atoms with van der Waals surface area (Å²) >= 11 is 6.11. The van der Waals surface area contributed by atoms with Crippen molar-refractivity contribution in [3.63, 3.8) is 0 Å². The van der Waals surface area contributed by atoms with Crippen molar-refractivity contribution in [2.45, 2.75) is 13.0 Å². The van der Waals surface area contributed by atoms with Gasteiger partial charge in [-0.3, -0.25) is 14.2 Å². The Morgan fingerprint density at radius 3 is 2.67 bits per heavy atom. The van der Waals surface area contributed by atoms with E-state index in [-0.39, 0.29) is 24.4 Å². The molecular weight excluding hydrogens is 370 g/mol. The number of amides is 1. The molecule has 0 atom stereocenters. The summed E-state index contributed by atoms with van der Waals surface area (Å²) in [5.41, 5.74) is 0.872. The molecule has 0 saturated heterocycles. The number of para-hydroxylation sites is 1. The third-order valence-electron chi connectivity index (χ3n) is 4.06. The predicted molar refractivity (Wildman–Crippen MR) is 104 cm³/mol. The van der Waals surface area contributed by atoms with E-state index in [4.69, 9.17) is 21.1 Å². The van der Waals surface area contributed by atoms with E-state index in [9.17, 15) is 9.59 Å². The van der Waals surface area contributed by atoms with E-state index in [2.05, 4.69) is 10.3 Å². The lowest BCUT2D eigenvalue weighted by atomic mass is 10.2. The first kappa shape index (κ1) is 18.7. The van der Waals surface area contributed by atoms with Crippen LogP contribution in [-0.2, 0) is 11.3 Å². The lowest BCUT2D eigenvalue weighted by molar-refractivity contribution is -0.116. The molecule has 0 saturated carbocycles. The van der Waals surface area contributed by atoms with Gasteiger partial charge in [0.05, 0.1) is 42.2 Å². The molecule has 0 radical (unpaired) electrons. The van der Waals surface area contributed by atoms with Crippen LogP contribution in [0.4, 0.5) is 5.69 Å². The number of fused-ring (bicyclic) bond motifs is 1. The fourth-order valence-electron chi connectivity index (χ4n) is 2.66. The molecule has 7 nitrogen and oxygen atoms in total. The van der Waals surface area contributed by atoms with Crippen molar-refractivity contribution < 1.29 is 14.3 Å². The maximum atomic E-state index is 12.5. The maximum absolute atomic E-state index is 12.5. The Morgan fingerprint density at radius 1 is 1.19 bits per heavy atom. The molecule has 0 aliphatic rings. The van der Waals surface area contributed by atoms with Crippen LogP contribution in [0, 0.1) is 0 Å². The Labute approximate surface area is 160 Å². The number of carbonyl (C=O) groups excluding carboxylic acids is 1. The van der Waals surface area contributed by atoms with Crippen LogP contribution in [0.25, 0.3) is 10.9 Å². The molecule has 2 aromatic carbocycles. The highest BCUT2D eigenvalue weighted by molar-refractivity contribution is 6.32. The largest absolute Gasteiger partial charge is 0.495 e. The Bertz CT molecular complexity index is 1050. The molecule has 1 aromatic heterocycles. The molecule has 1 N–H and O–H groups in total. The fraction of sp³-hybridized carbons (Fsp3) is 0.211. The van der Waals surface area contributed by atoms with Crippen molar-refractivity contribution in [2.75, 3.05) is 19.5 Å². The zero-order valence-electron chi connectivity index (χ0n) is 14.9. The highest BCUT2D eigenvalue weighted by Crippen LogP contribution is 2.35. The standard InChI is InChI=1S/C19H18ClN3O4/c1-26-16-10-17(27-2)15(9-13(16)20)22-18(24)7-8-23-11-21-14-6-4-3-5-12(14)19(23)25/h3-6,9-11H,7-8H2,1-2H3,(H,22,24). The van der Waals surface area contributed by atoms with E-state index in [1.165, 1.54) is 25.1 Å². The fourth-order valence-corrected chi connectivity index (χ4v) is 2.90. The van der Waals surface area contributed by atoms with Crippen LogP contribution in [0.3, 0.4) is 0 Å². The molecule has 3 rings (SSSR count). The van der Waals surface area contributed by atoms with Crippen molar-refractivity contribution >= 4 is 34.1 Å². The number of rotatable bonds is 6. The van der Waals surface area contributed by atoms with Gasteiger partial charge in [-0.15, -0.1) is 0 Å². The second kappa shape index (κ2) is 8.09. The van der Waals surface area contributed by atoms with Crippen LogP contribution in [0.5, 0.6) is 11.5 Å². The Kier molecular flexibility index (Phi) is 5.61. The van der Waals surface area contributed by atoms with Crippen molar-refractivity contribution in [1.82, 2.24) is 9.55 Å². The number of carbonyl (C=O) groups is 1. The normalized spacial score (nSPS) is 10.6. The minimum absolute atomic E-state index is 0.0900. The molecule has 27 heavy (non-hydrogen) atoms. The minimum atomic E-state index is -0.283. The van der Waals surface area contributed by atoms with Gasteiger partial charge in [-0.05, 0) is 18.2 Å².